The van der Waals surface area contributed by atoms with E-state index >= 15 is 0 Å². The molecule has 5 rings (SSSR count). The van der Waals surface area contributed by atoms with Crippen LogP contribution in [-0.2, 0) is 0 Å². The average molecular weight is 363 g/mol. The highest BCUT2D eigenvalue weighted by molar-refractivity contribution is 5.79. The summed E-state index contributed by atoms with van der Waals surface area (Å²) in [7, 11) is 0. The summed E-state index contributed by atoms with van der Waals surface area (Å²) in [5.74, 6) is 0. The van der Waals surface area contributed by atoms with Crippen LogP contribution in [0.2, 0.25) is 0 Å². The van der Waals surface area contributed by atoms with Gasteiger partial charge >= 0.3 is 0 Å². The van der Waals surface area contributed by atoms with E-state index in [1.54, 1.807) is 12.4 Å². The van der Waals surface area contributed by atoms with Crippen LogP contribution in [0, 0.1) is 0 Å². The minimum atomic E-state index is 0.414. The summed E-state index contributed by atoms with van der Waals surface area (Å²) in [5.41, 5.74) is 6.89. The van der Waals surface area contributed by atoms with Crippen LogP contribution in [0.5, 0.6) is 0 Å². The molecule has 0 saturated heterocycles. The van der Waals surface area contributed by atoms with E-state index in [1.165, 1.54) is 0 Å². The minimum Gasteiger partial charge on any atom is -0.318 e. The number of hydrogen-bond donors (Lipinski definition) is 0. The monoisotopic (exact) mass is 363 g/mol. The number of nitrogens with zero attached hydrogens (tertiary/aromatic N) is 4. The third-order valence-corrected chi connectivity index (χ3v) is 4.79. The van der Waals surface area contributed by atoms with Crippen molar-refractivity contribution in [3.63, 3.8) is 0 Å². The van der Waals surface area contributed by atoms with E-state index in [1.807, 2.05) is 75.9 Å². The molecule has 0 fully saturated rings. The van der Waals surface area contributed by atoms with Gasteiger partial charge in [0.25, 0.3) is 0 Å². The SMILES string of the molecule is [2H]c1cc2cc3nc(cc4ccc(cc5nc(cc1n2C=C)C=C5)n4C=C)C=C3. The fourth-order valence-corrected chi connectivity index (χ4v) is 3.48. The second-order valence-corrected chi connectivity index (χ2v) is 6.55. The molecule has 8 bridgehead atoms. The zero-order chi connectivity index (χ0) is 20.0. The highest BCUT2D eigenvalue weighted by Gasteiger charge is 2.04. The molecule has 0 N–H and O–H groups in total. The van der Waals surface area contributed by atoms with Gasteiger partial charge in [-0.05, 0) is 72.8 Å². The first-order valence-corrected chi connectivity index (χ1v) is 8.99. The Kier molecular flexibility index (Phi) is 3.44. The van der Waals surface area contributed by atoms with Gasteiger partial charge in [-0.15, -0.1) is 0 Å². The Morgan fingerprint density at radius 3 is 1.50 bits per heavy atom. The molecule has 134 valence electrons. The van der Waals surface area contributed by atoms with E-state index in [-0.39, 0.29) is 0 Å². The molecular formula is C24H18N4. The van der Waals surface area contributed by atoms with Gasteiger partial charge in [-0.1, -0.05) is 13.2 Å². The summed E-state index contributed by atoms with van der Waals surface area (Å²) in [4.78, 5) is 9.39. The first-order chi connectivity index (χ1) is 14.1. The lowest BCUT2D eigenvalue weighted by atomic mass is 10.3. The van der Waals surface area contributed by atoms with Crippen molar-refractivity contribution in [3.8, 4) is 0 Å². The van der Waals surface area contributed by atoms with Crippen LogP contribution < -0.4 is 0 Å². The lowest BCUT2D eigenvalue weighted by Crippen LogP contribution is -1.86. The van der Waals surface area contributed by atoms with Crippen molar-refractivity contribution in [2.45, 2.75) is 0 Å². The normalized spacial score (nSPS) is 12.8. The summed E-state index contributed by atoms with van der Waals surface area (Å²) < 4.78 is 12.3. The predicted molar refractivity (Wildman–Crippen MR) is 119 cm³/mol. The van der Waals surface area contributed by atoms with Crippen molar-refractivity contribution < 1.29 is 1.37 Å². The molecule has 0 aromatic carbocycles. The van der Waals surface area contributed by atoms with Gasteiger partial charge in [0.1, 0.15) is 0 Å². The summed E-state index contributed by atoms with van der Waals surface area (Å²) in [6.45, 7) is 7.86. The molecule has 4 nitrogen and oxygen atoms in total. The summed E-state index contributed by atoms with van der Waals surface area (Å²) in [6, 6.07) is 14.2. The smallest absolute Gasteiger partial charge is 0.0658 e. The first-order valence-electron chi connectivity index (χ1n) is 9.49. The molecule has 5 heterocycles. The molecule has 0 amide bonds. The van der Waals surface area contributed by atoms with E-state index in [0.29, 0.717) is 6.04 Å². The fraction of sp³-hybridized carbons (Fsp3) is 0. The molecule has 0 saturated carbocycles. The molecule has 2 aliphatic rings. The third kappa shape index (κ3) is 2.72. The number of aromatic nitrogens is 4. The second-order valence-electron chi connectivity index (χ2n) is 6.55. The quantitative estimate of drug-likeness (QED) is 0.397. The van der Waals surface area contributed by atoms with Gasteiger partial charge in [0, 0.05) is 34.5 Å². The second kappa shape index (κ2) is 6.35. The molecule has 4 heteroatoms. The van der Waals surface area contributed by atoms with Crippen LogP contribution in [-0.4, -0.2) is 19.1 Å². The van der Waals surface area contributed by atoms with E-state index in [0.717, 1.165) is 44.8 Å². The molecular weight excluding hydrogens is 344 g/mol. The Balaban J connectivity index is 1.95. The molecule has 3 aromatic heterocycles. The number of fused-ring (bicyclic) bond motifs is 8. The van der Waals surface area contributed by atoms with Crippen molar-refractivity contribution in [3.05, 3.63) is 84.4 Å². The minimum absolute atomic E-state index is 0.414. The van der Waals surface area contributed by atoms with E-state index in [4.69, 9.17) is 6.35 Å². The molecule has 0 atom stereocenters. The van der Waals surface area contributed by atoms with Gasteiger partial charge in [0.05, 0.1) is 24.1 Å². The van der Waals surface area contributed by atoms with E-state index < -0.39 is 0 Å². The Hall–Kier alpha value is -3.92. The van der Waals surface area contributed by atoms with Crippen molar-refractivity contribution in [2.24, 2.45) is 0 Å². The summed E-state index contributed by atoms with van der Waals surface area (Å²) in [5, 5.41) is 0. The maximum absolute atomic E-state index is 8.39. The number of rotatable bonds is 2. The lowest BCUT2D eigenvalue weighted by Gasteiger charge is -1.98. The van der Waals surface area contributed by atoms with Gasteiger partial charge in [0.15, 0.2) is 0 Å². The Morgan fingerprint density at radius 1 is 0.643 bits per heavy atom. The first kappa shape index (κ1) is 15.2. The summed E-state index contributed by atoms with van der Waals surface area (Å²) >= 11 is 0. The lowest BCUT2D eigenvalue weighted by molar-refractivity contribution is 1.25. The van der Waals surface area contributed by atoms with Crippen molar-refractivity contribution >= 4 is 58.8 Å². The molecule has 2 aliphatic heterocycles. The van der Waals surface area contributed by atoms with Crippen LogP contribution in [0.3, 0.4) is 0 Å². The molecule has 0 radical (unpaired) electrons. The van der Waals surface area contributed by atoms with E-state index in [9.17, 15) is 0 Å². The largest absolute Gasteiger partial charge is 0.318 e. The van der Waals surface area contributed by atoms with Crippen LogP contribution >= 0.6 is 0 Å². The van der Waals surface area contributed by atoms with Crippen molar-refractivity contribution in [1.82, 2.24) is 19.1 Å². The molecule has 0 spiro atoms. The van der Waals surface area contributed by atoms with Gasteiger partial charge in [-0.2, -0.15) is 0 Å². The van der Waals surface area contributed by atoms with Crippen LogP contribution in [0.25, 0.3) is 58.8 Å². The topological polar surface area (TPSA) is 35.6 Å². The number of hydrogen-bond acceptors (Lipinski definition) is 2. The Morgan fingerprint density at radius 2 is 1.04 bits per heavy atom. The highest BCUT2D eigenvalue weighted by Crippen LogP contribution is 2.20. The van der Waals surface area contributed by atoms with Crippen molar-refractivity contribution in [2.75, 3.05) is 0 Å². The Labute approximate surface area is 164 Å². The molecule has 0 unspecified atom stereocenters. The van der Waals surface area contributed by atoms with Gasteiger partial charge < -0.3 is 9.13 Å². The molecule has 28 heavy (non-hydrogen) atoms. The van der Waals surface area contributed by atoms with Gasteiger partial charge in [-0.25, -0.2) is 9.97 Å². The molecule has 3 aromatic rings. The highest BCUT2D eigenvalue weighted by atomic mass is 15.0. The van der Waals surface area contributed by atoms with E-state index in [2.05, 4.69) is 18.1 Å². The summed E-state index contributed by atoms with van der Waals surface area (Å²) in [6.07, 6.45) is 11.4. The van der Waals surface area contributed by atoms with Crippen LogP contribution in [0.15, 0.2) is 61.7 Å². The standard InChI is InChI=1S/C24H18N4/c1-3-27-21-9-10-22(27)14-18-6-8-20(26-18)16-24-12-11-23(28(24)4-2)15-19-7-5-17(13-21)25-19/h3-16H,1-2H2/i9D. The maximum Gasteiger partial charge on any atom is 0.0658 e. The third-order valence-electron chi connectivity index (χ3n) is 4.79. The average Bonchev–Trinajstić information content (AvgIpc) is 3.46. The zero-order valence-corrected chi connectivity index (χ0v) is 15.2. The van der Waals surface area contributed by atoms with Crippen LogP contribution in [0.4, 0.5) is 0 Å². The van der Waals surface area contributed by atoms with Crippen molar-refractivity contribution in [1.29, 1.82) is 0 Å². The Bertz CT molecular complexity index is 1400. The zero-order valence-electron chi connectivity index (χ0n) is 16.2. The molecule has 0 aliphatic carbocycles. The fourth-order valence-electron chi connectivity index (χ4n) is 3.48. The maximum atomic E-state index is 8.39. The van der Waals surface area contributed by atoms with Crippen LogP contribution in [0.1, 0.15) is 24.1 Å². The van der Waals surface area contributed by atoms with Gasteiger partial charge in [0.2, 0.25) is 0 Å². The predicted octanol–water partition coefficient (Wildman–Crippen LogP) is 5.80. The van der Waals surface area contributed by atoms with Gasteiger partial charge in [-0.3, -0.25) is 0 Å².